The molecule has 1 aromatic carbocycles. The molecule has 0 aromatic heterocycles. The fourth-order valence-electron chi connectivity index (χ4n) is 2.65. The van der Waals surface area contributed by atoms with Gasteiger partial charge >= 0.3 is 0 Å². The lowest BCUT2D eigenvalue weighted by atomic mass is 9.56. The first-order chi connectivity index (χ1) is 7.81. The van der Waals surface area contributed by atoms with E-state index in [4.69, 9.17) is 0 Å². The van der Waals surface area contributed by atoms with E-state index in [1.165, 1.54) is 11.5 Å². The van der Waals surface area contributed by atoms with Crippen molar-refractivity contribution in [2.75, 3.05) is 0 Å². The summed E-state index contributed by atoms with van der Waals surface area (Å²) in [5.41, 5.74) is 1.22. The van der Waals surface area contributed by atoms with Crippen molar-refractivity contribution in [2.45, 2.75) is 18.3 Å². The Bertz CT molecular complexity index is 379. The molecule has 0 bridgehead atoms. The second-order valence-electron chi connectivity index (χ2n) is 4.51. The van der Waals surface area contributed by atoms with Gasteiger partial charge in [-0.1, -0.05) is 30.3 Å². The average Bonchev–Trinajstić information content (AvgIpc) is 2.79. The summed E-state index contributed by atoms with van der Waals surface area (Å²) in [5.74, 6) is 1.64. The Hall–Kier alpha value is -1.11. The summed E-state index contributed by atoms with van der Waals surface area (Å²) in [4.78, 5) is 11.4. The number of hydrogen-bond acceptors (Lipinski definition) is 1. The van der Waals surface area contributed by atoms with E-state index in [-0.39, 0.29) is 5.41 Å². The lowest BCUT2D eigenvalue weighted by molar-refractivity contribution is -0.127. The molecular weight excluding hydrogens is 196 g/mol. The zero-order chi connectivity index (χ0) is 11.0. The Morgan fingerprint density at radius 1 is 0.938 bits per heavy atom. The summed E-state index contributed by atoms with van der Waals surface area (Å²) in [7, 11) is 0. The molecule has 2 aliphatic carbocycles. The predicted molar refractivity (Wildman–Crippen MR) is 62.8 cm³/mol. The maximum absolute atomic E-state index is 11.4. The summed E-state index contributed by atoms with van der Waals surface area (Å²) in [6.07, 6.45) is 9.65. The molecule has 2 saturated carbocycles. The molecule has 1 nitrogen and oxygen atoms in total. The van der Waals surface area contributed by atoms with Gasteiger partial charge in [-0.2, -0.15) is 0 Å². The fourth-order valence-corrected chi connectivity index (χ4v) is 2.65. The van der Waals surface area contributed by atoms with Crippen LogP contribution in [-0.2, 0) is 10.2 Å². The van der Waals surface area contributed by atoms with Crippen LogP contribution in [0.1, 0.15) is 18.4 Å². The van der Waals surface area contributed by atoms with Gasteiger partial charge in [0.05, 0.1) is 0 Å². The highest BCUT2D eigenvalue weighted by molar-refractivity contribution is 5.90. The monoisotopic (exact) mass is 209 g/mol. The highest BCUT2D eigenvalue weighted by Crippen LogP contribution is 2.52. The molecule has 0 saturated heterocycles. The zero-order valence-electron chi connectivity index (χ0n) is 9.02. The molecule has 0 amide bonds. The molecule has 0 spiro atoms. The van der Waals surface area contributed by atoms with Crippen LogP contribution in [0, 0.1) is 31.6 Å². The van der Waals surface area contributed by atoms with Gasteiger partial charge in [-0.05, 0) is 37.2 Å². The molecule has 1 heteroatoms. The zero-order valence-corrected chi connectivity index (χ0v) is 9.02. The topological polar surface area (TPSA) is 17.1 Å². The Morgan fingerprint density at radius 2 is 1.56 bits per heavy atom. The molecule has 5 radical (unpaired) electrons. The Balaban J connectivity index is 1.94. The third-order valence-corrected chi connectivity index (χ3v) is 3.54. The van der Waals surface area contributed by atoms with Crippen LogP contribution >= 0.6 is 0 Å². The van der Waals surface area contributed by atoms with Gasteiger partial charge in [0, 0.05) is 18.3 Å². The van der Waals surface area contributed by atoms with Crippen molar-refractivity contribution in [2.24, 2.45) is 0 Å². The minimum Gasteiger partial charge on any atom is -0.300 e. The maximum atomic E-state index is 11.4. The minimum absolute atomic E-state index is 0.0398. The van der Waals surface area contributed by atoms with Crippen LogP contribution in [0.3, 0.4) is 0 Å². The number of hydrogen-bond donors (Lipinski definition) is 0. The molecule has 0 heterocycles. The van der Waals surface area contributed by atoms with Crippen molar-refractivity contribution in [1.29, 1.82) is 0 Å². The number of Topliss-reactive ketones (excluding diaryl/α,β-unsaturated/α-hetero) is 1. The SMILES string of the molecule is O=C1CC([C]2[CH][CH][CH][CH]2)(c2ccccc2)C1. The van der Waals surface area contributed by atoms with E-state index in [9.17, 15) is 4.79 Å². The summed E-state index contributed by atoms with van der Waals surface area (Å²) >= 11 is 0. The molecule has 79 valence electrons. The number of ketones is 1. The van der Waals surface area contributed by atoms with Gasteiger partial charge in [0.25, 0.3) is 0 Å². The fraction of sp³-hybridized carbons (Fsp3) is 0.200. The molecule has 1 aromatic rings. The van der Waals surface area contributed by atoms with Crippen LogP contribution in [0.25, 0.3) is 0 Å². The van der Waals surface area contributed by atoms with Gasteiger partial charge < -0.3 is 0 Å². The number of carbonyl (C=O) groups excluding carboxylic acids is 1. The summed E-state index contributed by atoms with van der Waals surface area (Å²) in [6, 6.07) is 10.4. The molecule has 0 unspecified atom stereocenters. The van der Waals surface area contributed by atoms with E-state index in [0.717, 1.165) is 0 Å². The number of benzene rings is 1. The molecule has 2 aliphatic rings. The van der Waals surface area contributed by atoms with Gasteiger partial charge in [0.1, 0.15) is 5.78 Å². The molecule has 0 N–H and O–H groups in total. The Labute approximate surface area is 96.9 Å². The lowest BCUT2D eigenvalue weighted by Gasteiger charge is -2.45. The normalized spacial score (nSPS) is 24.4. The van der Waals surface area contributed by atoms with E-state index in [1.807, 2.05) is 31.0 Å². The first-order valence-electron chi connectivity index (χ1n) is 5.61. The quantitative estimate of drug-likeness (QED) is 0.732. The van der Waals surface area contributed by atoms with Crippen LogP contribution in [-0.4, -0.2) is 5.78 Å². The van der Waals surface area contributed by atoms with E-state index in [0.29, 0.717) is 18.6 Å². The van der Waals surface area contributed by atoms with Crippen LogP contribution in [0.4, 0.5) is 0 Å². The second kappa shape index (κ2) is 3.73. The molecule has 16 heavy (non-hydrogen) atoms. The molecule has 2 fully saturated rings. The number of rotatable bonds is 2. The van der Waals surface area contributed by atoms with Gasteiger partial charge in [-0.25, -0.2) is 0 Å². The molecule has 0 aliphatic heterocycles. The summed E-state index contributed by atoms with van der Waals surface area (Å²) in [6.45, 7) is 0. The Kier molecular flexibility index (Phi) is 2.34. The minimum atomic E-state index is -0.0398. The highest BCUT2D eigenvalue weighted by atomic mass is 16.1. The predicted octanol–water partition coefficient (Wildman–Crippen LogP) is 2.69. The smallest absolute Gasteiger partial charge is 0.134 e. The van der Waals surface area contributed by atoms with Crippen LogP contribution in [0.15, 0.2) is 30.3 Å². The summed E-state index contributed by atoms with van der Waals surface area (Å²) in [5, 5.41) is 0. The molecule has 0 atom stereocenters. The van der Waals surface area contributed by atoms with Crippen LogP contribution in [0.2, 0.25) is 0 Å². The van der Waals surface area contributed by atoms with Crippen molar-refractivity contribution in [3.8, 4) is 0 Å². The summed E-state index contributed by atoms with van der Waals surface area (Å²) < 4.78 is 0. The maximum Gasteiger partial charge on any atom is 0.134 e. The average molecular weight is 209 g/mol. The third kappa shape index (κ3) is 1.41. The number of carbonyl (C=O) groups is 1. The van der Waals surface area contributed by atoms with Gasteiger partial charge in [0.15, 0.2) is 0 Å². The van der Waals surface area contributed by atoms with Crippen molar-refractivity contribution in [3.05, 3.63) is 67.5 Å². The second-order valence-corrected chi connectivity index (χ2v) is 4.51. The first-order valence-corrected chi connectivity index (χ1v) is 5.61. The molecular formula is C15H13O. The third-order valence-electron chi connectivity index (χ3n) is 3.54. The van der Waals surface area contributed by atoms with E-state index < -0.39 is 0 Å². The Morgan fingerprint density at radius 3 is 2.12 bits per heavy atom. The van der Waals surface area contributed by atoms with Gasteiger partial charge in [-0.3, -0.25) is 4.79 Å². The van der Waals surface area contributed by atoms with Crippen LogP contribution in [0.5, 0.6) is 0 Å². The largest absolute Gasteiger partial charge is 0.300 e. The highest BCUT2D eigenvalue weighted by Gasteiger charge is 2.51. The molecule has 3 rings (SSSR count). The van der Waals surface area contributed by atoms with Crippen molar-refractivity contribution in [3.63, 3.8) is 0 Å². The van der Waals surface area contributed by atoms with Crippen LogP contribution < -0.4 is 0 Å². The lowest BCUT2D eigenvalue weighted by Crippen LogP contribution is -2.46. The van der Waals surface area contributed by atoms with E-state index in [1.54, 1.807) is 0 Å². The van der Waals surface area contributed by atoms with Crippen molar-refractivity contribution < 1.29 is 4.79 Å². The standard InChI is InChI=1S/C15H13O/c16-14-10-15(11-14,13-8-4-5-9-13)12-6-2-1-3-7-12/h1-9H,10-11H2. The first kappa shape index (κ1) is 10.1. The van der Waals surface area contributed by atoms with E-state index in [2.05, 4.69) is 25.0 Å². The van der Waals surface area contributed by atoms with Gasteiger partial charge in [0.2, 0.25) is 0 Å². The van der Waals surface area contributed by atoms with E-state index >= 15 is 0 Å². The van der Waals surface area contributed by atoms with Crippen molar-refractivity contribution >= 4 is 5.78 Å². The van der Waals surface area contributed by atoms with Crippen molar-refractivity contribution in [1.82, 2.24) is 0 Å². The van der Waals surface area contributed by atoms with Gasteiger partial charge in [-0.15, -0.1) is 0 Å².